The Morgan fingerprint density at radius 2 is 1.94 bits per heavy atom. The molecule has 2 saturated heterocycles. The Hall–Kier alpha value is -0.650. The second-order valence-corrected chi connectivity index (χ2v) is 4.67. The van der Waals surface area contributed by atoms with E-state index in [0.717, 1.165) is 45.8 Å². The van der Waals surface area contributed by atoms with Crippen LogP contribution in [0.4, 0.5) is 0 Å². The molecule has 2 fully saturated rings. The van der Waals surface area contributed by atoms with Gasteiger partial charge in [0.05, 0.1) is 6.61 Å². The molecule has 2 N–H and O–H groups in total. The summed E-state index contributed by atoms with van der Waals surface area (Å²) in [5.41, 5.74) is 0. The molecule has 0 unspecified atom stereocenters. The van der Waals surface area contributed by atoms with Gasteiger partial charge < -0.3 is 15.3 Å². The van der Waals surface area contributed by atoms with Crippen molar-refractivity contribution in [1.29, 1.82) is 0 Å². The Morgan fingerprint density at radius 3 is 2.44 bits per heavy atom. The maximum absolute atomic E-state index is 11.9. The molecule has 2 heterocycles. The number of piperazine rings is 1. The first-order chi connectivity index (χ1) is 7.79. The highest BCUT2D eigenvalue weighted by molar-refractivity contribution is 5.76. The Morgan fingerprint density at radius 1 is 1.25 bits per heavy atom. The number of hydrogen-bond donors (Lipinski definition) is 2. The van der Waals surface area contributed by atoms with E-state index in [1.54, 1.807) is 0 Å². The number of nitrogens with zero attached hydrogens (tertiary/aromatic N) is 2. The highest BCUT2D eigenvalue weighted by Crippen LogP contribution is 2.12. The molecule has 5 nitrogen and oxygen atoms in total. The number of rotatable bonds is 4. The van der Waals surface area contributed by atoms with Gasteiger partial charge in [-0.1, -0.05) is 0 Å². The Balaban J connectivity index is 1.68. The third kappa shape index (κ3) is 2.93. The number of hydrogen-bond acceptors (Lipinski definition) is 4. The molecule has 0 aromatic heterocycles. The number of amides is 1. The Labute approximate surface area is 96.4 Å². The van der Waals surface area contributed by atoms with Crippen molar-refractivity contribution in [2.45, 2.75) is 6.42 Å². The van der Waals surface area contributed by atoms with Crippen molar-refractivity contribution in [3.63, 3.8) is 0 Å². The summed E-state index contributed by atoms with van der Waals surface area (Å²) < 4.78 is 0. The first-order valence-corrected chi connectivity index (χ1v) is 6.11. The average molecular weight is 227 g/mol. The van der Waals surface area contributed by atoms with E-state index in [1.165, 1.54) is 0 Å². The van der Waals surface area contributed by atoms with Crippen LogP contribution < -0.4 is 5.32 Å². The van der Waals surface area contributed by atoms with Crippen LogP contribution >= 0.6 is 0 Å². The zero-order chi connectivity index (χ0) is 11.4. The van der Waals surface area contributed by atoms with Crippen LogP contribution in [0.25, 0.3) is 0 Å². The smallest absolute Gasteiger partial charge is 0.223 e. The molecular weight excluding hydrogens is 206 g/mol. The van der Waals surface area contributed by atoms with Crippen molar-refractivity contribution in [2.24, 2.45) is 5.92 Å². The minimum Gasteiger partial charge on any atom is -0.395 e. The molecule has 0 aliphatic carbocycles. The monoisotopic (exact) mass is 227 g/mol. The molecule has 0 atom stereocenters. The molecule has 0 spiro atoms. The summed E-state index contributed by atoms with van der Waals surface area (Å²) in [6.45, 7) is 6.37. The fraction of sp³-hybridized carbons (Fsp3) is 0.909. The highest BCUT2D eigenvalue weighted by atomic mass is 16.3. The largest absolute Gasteiger partial charge is 0.395 e. The quantitative estimate of drug-likeness (QED) is 0.629. The molecule has 0 bridgehead atoms. The second kappa shape index (κ2) is 5.61. The SMILES string of the molecule is O=C(CC1CNC1)N1CCN(CCO)CC1. The Kier molecular flexibility index (Phi) is 4.15. The fourth-order valence-corrected chi connectivity index (χ4v) is 2.23. The highest BCUT2D eigenvalue weighted by Gasteiger charge is 2.25. The summed E-state index contributed by atoms with van der Waals surface area (Å²) >= 11 is 0. The van der Waals surface area contributed by atoms with Crippen LogP contribution in [-0.2, 0) is 4.79 Å². The summed E-state index contributed by atoms with van der Waals surface area (Å²) in [6.07, 6.45) is 0.701. The average Bonchev–Trinajstić information content (AvgIpc) is 2.25. The third-order valence-electron chi connectivity index (χ3n) is 3.47. The topological polar surface area (TPSA) is 55.8 Å². The van der Waals surface area contributed by atoms with E-state index in [0.29, 0.717) is 18.2 Å². The van der Waals surface area contributed by atoms with Gasteiger partial charge in [0.15, 0.2) is 0 Å². The van der Waals surface area contributed by atoms with Crippen LogP contribution in [0.3, 0.4) is 0 Å². The van der Waals surface area contributed by atoms with E-state index in [-0.39, 0.29) is 6.61 Å². The van der Waals surface area contributed by atoms with Gasteiger partial charge in [0.25, 0.3) is 0 Å². The standard InChI is InChI=1S/C11H21N3O2/c15-6-5-13-1-3-14(4-2-13)11(16)7-10-8-12-9-10/h10,12,15H,1-9H2. The summed E-state index contributed by atoms with van der Waals surface area (Å²) in [4.78, 5) is 16.1. The molecule has 0 aromatic rings. The lowest BCUT2D eigenvalue weighted by atomic mass is 9.98. The maximum atomic E-state index is 11.9. The minimum absolute atomic E-state index is 0.210. The van der Waals surface area contributed by atoms with Crippen molar-refractivity contribution in [3.8, 4) is 0 Å². The first-order valence-electron chi connectivity index (χ1n) is 6.11. The molecule has 2 aliphatic heterocycles. The van der Waals surface area contributed by atoms with E-state index < -0.39 is 0 Å². The molecule has 16 heavy (non-hydrogen) atoms. The maximum Gasteiger partial charge on any atom is 0.223 e. The molecule has 2 aliphatic rings. The van der Waals surface area contributed by atoms with Gasteiger partial charge in [0, 0.05) is 39.1 Å². The van der Waals surface area contributed by atoms with E-state index in [4.69, 9.17) is 5.11 Å². The Bertz CT molecular complexity index is 235. The van der Waals surface area contributed by atoms with E-state index in [2.05, 4.69) is 10.2 Å². The van der Waals surface area contributed by atoms with E-state index in [9.17, 15) is 4.79 Å². The van der Waals surface area contributed by atoms with Gasteiger partial charge in [-0.05, 0) is 19.0 Å². The van der Waals surface area contributed by atoms with E-state index in [1.807, 2.05) is 4.90 Å². The van der Waals surface area contributed by atoms with Crippen LogP contribution in [0.2, 0.25) is 0 Å². The van der Waals surface area contributed by atoms with E-state index >= 15 is 0 Å². The third-order valence-corrected chi connectivity index (χ3v) is 3.47. The fourth-order valence-electron chi connectivity index (χ4n) is 2.23. The molecular formula is C11H21N3O2. The number of aliphatic hydroxyl groups is 1. The molecule has 0 radical (unpaired) electrons. The van der Waals surface area contributed by atoms with Gasteiger partial charge in [-0.2, -0.15) is 0 Å². The van der Waals surface area contributed by atoms with Gasteiger partial charge in [0.1, 0.15) is 0 Å². The lowest BCUT2D eigenvalue weighted by molar-refractivity contribution is -0.134. The lowest BCUT2D eigenvalue weighted by Gasteiger charge is -2.36. The summed E-state index contributed by atoms with van der Waals surface area (Å²) in [5.74, 6) is 0.859. The van der Waals surface area contributed by atoms with Crippen LogP contribution in [0.1, 0.15) is 6.42 Å². The summed E-state index contributed by atoms with van der Waals surface area (Å²) in [6, 6.07) is 0. The zero-order valence-corrected chi connectivity index (χ0v) is 9.69. The zero-order valence-electron chi connectivity index (χ0n) is 9.69. The van der Waals surface area contributed by atoms with Gasteiger partial charge in [-0.15, -0.1) is 0 Å². The van der Waals surface area contributed by atoms with Crippen LogP contribution in [0.5, 0.6) is 0 Å². The van der Waals surface area contributed by atoms with Crippen LogP contribution in [0, 0.1) is 5.92 Å². The number of carbonyl (C=O) groups excluding carboxylic acids is 1. The van der Waals surface area contributed by atoms with Crippen molar-refractivity contribution in [1.82, 2.24) is 15.1 Å². The molecule has 0 saturated carbocycles. The summed E-state index contributed by atoms with van der Waals surface area (Å²) in [5, 5.41) is 12.0. The molecule has 1 amide bonds. The number of aliphatic hydroxyl groups excluding tert-OH is 1. The van der Waals surface area contributed by atoms with Crippen molar-refractivity contribution >= 4 is 5.91 Å². The lowest BCUT2D eigenvalue weighted by Crippen LogP contribution is -2.51. The van der Waals surface area contributed by atoms with Gasteiger partial charge in [-0.3, -0.25) is 9.69 Å². The number of nitrogens with one attached hydrogen (secondary N) is 1. The minimum atomic E-state index is 0.210. The predicted molar refractivity (Wildman–Crippen MR) is 61.1 cm³/mol. The molecule has 92 valence electrons. The van der Waals surface area contributed by atoms with Crippen LogP contribution in [0.15, 0.2) is 0 Å². The van der Waals surface area contributed by atoms with Gasteiger partial charge in [-0.25, -0.2) is 0 Å². The molecule has 2 rings (SSSR count). The molecule has 0 aromatic carbocycles. The van der Waals surface area contributed by atoms with Crippen LogP contribution in [-0.4, -0.2) is 73.2 Å². The first kappa shape index (κ1) is 11.8. The number of carbonyl (C=O) groups is 1. The van der Waals surface area contributed by atoms with Gasteiger partial charge in [0.2, 0.25) is 5.91 Å². The number of β-amino-alcohol motifs (C(OH)–C–C–N with tert-alkyl or cyclic N) is 1. The van der Waals surface area contributed by atoms with Crippen molar-refractivity contribution < 1.29 is 9.90 Å². The van der Waals surface area contributed by atoms with Crippen molar-refractivity contribution in [2.75, 3.05) is 52.4 Å². The second-order valence-electron chi connectivity index (χ2n) is 4.67. The molecule has 5 heteroatoms. The summed E-state index contributed by atoms with van der Waals surface area (Å²) in [7, 11) is 0. The predicted octanol–water partition coefficient (Wildman–Crippen LogP) is -1.27. The van der Waals surface area contributed by atoms with Crippen molar-refractivity contribution in [3.05, 3.63) is 0 Å². The van der Waals surface area contributed by atoms with Gasteiger partial charge >= 0.3 is 0 Å². The normalized spacial score (nSPS) is 23.2.